The van der Waals surface area contributed by atoms with Crippen molar-refractivity contribution in [2.24, 2.45) is 5.92 Å². The van der Waals surface area contributed by atoms with Crippen LogP contribution in [0.2, 0.25) is 0 Å². The molecule has 192 valence electrons. The van der Waals surface area contributed by atoms with E-state index in [1.807, 2.05) is 4.90 Å². The van der Waals surface area contributed by atoms with Gasteiger partial charge in [-0.2, -0.15) is 13.2 Å². The van der Waals surface area contributed by atoms with E-state index in [-0.39, 0.29) is 48.8 Å². The number of fused-ring (bicyclic) bond motifs is 1. The van der Waals surface area contributed by atoms with Gasteiger partial charge in [-0.1, -0.05) is 12.1 Å². The number of halogens is 3. The van der Waals surface area contributed by atoms with E-state index in [4.69, 9.17) is 0 Å². The average Bonchev–Trinajstić information content (AvgIpc) is 2.84. The van der Waals surface area contributed by atoms with Gasteiger partial charge in [-0.15, -0.1) is 0 Å². The summed E-state index contributed by atoms with van der Waals surface area (Å²) in [4.78, 5) is 43.0. The second-order valence-corrected chi connectivity index (χ2v) is 9.59. The molecule has 3 amide bonds. The Labute approximate surface area is 202 Å². The van der Waals surface area contributed by atoms with Gasteiger partial charge >= 0.3 is 6.18 Å². The lowest BCUT2D eigenvalue weighted by Gasteiger charge is -2.47. The highest BCUT2D eigenvalue weighted by Gasteiger charge is 2.42. The van der Waals surface area contributed by atoms with Gasteiger partial charge in [0.05, 0.1) is 18.2 Å². The van der Waals surface area contributed by atoms with Crippen molar-refractivity contribution < 1.29 is 27.6 Å². The predicted octanol–water partition coefficient (Wildman–Crippen LogP) is 1.41. The molecule has 2 heterocycles. The first-order valence-electron chi connectivity index (χ1n) is 12.1. The maximum Gasteiger partial charge on any atom is 0.416 e. The molecule has 11 heteroatoms. The number of carbonyl (C=O) groups is 3. The molecule has 35 heavy (non-hydrogen) atoms. The molecule has 3 fully saturated rings. The normalized spacial score (nSPS) is 25.8. The minimum absolute atomic E-state index is 0.0366. The molecule has 0 radical (unpaired) electrons. The SMILES string of the molecule is CC(=O)N1CCN(C2CCC3NCN(CC(=O)NCc4ccc(C(F)(F)F)cc4)C(=O)C3C2)CC1. The van der Waals surface area contributed by atoms with Crippen LogP contribution in [0.3, 0.4) is 0 Å². The van der Waals surface area contributed by atoms with E-state index in [9.17, 15) is 27.6 Å². The summed E-state index contributed by atoms with van der Waals surface area (Å²) in [6.45, 7) is 4.90. The predicted molar refractivity (Wildman–Crippen MR) is 122 cm³/mol. The van der Waals surface area contributed by atoms with Crippen LogP contribution in [0.25, 0.3) is 0 Å². The van der Waals surface area contributed by atoms with Crippen molar-refractivity contribution in [3.8, 4) is 0 Å². The van der Waals surface area contributed by atoms with E-state index < -0.39 is 11.7 Å². The molecule has 1 aromatic rings. The lowest BCUT2D eigenvalue weighted by molar-refractivity contribution is -0.146. The topological polar surface area (TPSA) is 85.0 Å². The number of hydrogen-bond donors (Lipinski definition) is 2. The van der Waals surface area contributed by atoms with Crippen LogP contribution in [0, 0.1) is 5.92 Å². The Hall–Kier alpha value is -2.66. The quantitative estimate of drug-likeness (QED) is 0.646. The van der Waals surface area contributed by atoms with Gasteiger partial charge in [0, 0.05) is 51.7 Å². The van der Waals surface area contributed by atoms with E-state index in [2.05, 4.69) is 15.5 Å². The van der Waals surface area contributed by atoms with Crippen molar-refractivity contribution >= 4 is 17.7 Å². The average molecular weight is 496 g/mol. The van der Waals surface area contributed by atoms with E-state index in [1.54, 1.807) is 6.92 Å². The number of alkyl halides is 3. The Kier molecular flexibility index (Phi) is 7.65. The number of nitrogens with zero attached hydrogens (tertiary/aromatic N) is 3. The van der Waals surface area contributed by atoms with Crippen molar-refractivity contribution in [1.82, 2.24) is 25.3 Å². The van der Waals surface area contributed by atoms with Crippen molar-refractivity contribution in [2.75, 3.05) is 39.4 Å². The lowest BCUT2D eigenvalue weighted by atomic mass is 9.79. The summed E-state index contributed by atoms with van der Waals surface area (Å²) in [6, 6.07) is 5.02. The summed E-state index contributed by atoms with van der Waals surface area (Å²) in [7, 11) is 0. The third kappa shape index (κ3) is 6.13. The van der Waals surface area contributed by atoms with Crippen LogP contribution in [0.5, 0.6) is 0 Å². The van der Waals surface area contributed by atoms with Crippen molar-refractivity contribution in [1.29, 1.82) is 0 Å². The van der Waals surface area contributed by atoms with Crippen LogP contribution >= 0.6 is 0 Å². The first kappa shape index (κ1) is 25.4. The van der Waals surface area contributed by atoms with Crippen LogP contribution in [0.1, 0.15) is 37.3 Å². The highest BCUT2D eigenvalue weighted by Crippen LogP contribution is 2.32. The maximum atomic E-state index is 13.2. The fourth-order valence-electron chi connectivity index (χ4n) is 5.31. The van der Waals surface area contributed by atoms with Gasteiger partial charge in [0.1, 0.15) is 6.54 Å². The number of rotatable bonds is 5. The zero-order valence-corrected chi connectivity index (χ0v) is 19.8. The first-order valence-corrected chi connectivity index (χ1v) is 12.1. The molecule has 8 nitrogen and oxygen atoms in total. The van der Waals surface area contributed by atoms with Gasteiger partial charge in [-0.25, -0.2) is 0 Å². The van der Waals surface area contributed by atoms with Crippen LogP contribution in [-0.4, -0.2) is 83.9 Å². The molecule has 1 aliphatic carbocycles. The zero-order chi connectivity index (χ0) is 25.2. The minimum Gasteiger partial charge on any atom is -0.350 e. The molecule has 4 rings (SSSR count). The molecule has 3 aliphatic rings. The molecule has 3 atom stereocenters. The van der Waals surface area contributed by atoms with E-state index in [0.29, 0.717) is 25.3 Å². The largest absolute Gasteiger partial charge is 0.416 e. The highest BCUT2D eigenvalue weighted by molar-refractivity contribution is 5.86. The van der Waals surface area contributed by atoms with Gasteiger partial charge in [-0.05, 0) is 37.0 Å². The summed E-state index contributed by atoms with van der Waals surface area (Å²) in [5.41, 5.74) is -0.187. The summed E-state index contributed by atoms with van der Waals surface area (Å²) < 4.78 is 38.1. The maximum absolute atomic E-state index is 13.2. The standard InChI is InChI=1S/C24H32F3N5O3/c1-16(33)30-8-10-31(11-9-30)19-6-7-21-20(12-19)23(35)32(15-29-21)14-22(34)28-13-17-2-4-18(5-3-17)24(25,26)27/h2-5,19-21,29H,6-15H2,1H3,(H,28,34). The Bertz CT molecular complexity index is 931. The number of nitrogens with one attached hydrogen (secondary N) is 2. The zero-order valence-electron chi connectivity index (χ0n) is 19.8. The Morgan fingerprint density at radius 1 is 1.09 bits per heavy atom. The monoisotopic (exact) mass is 495 g/mol. The lowest BCUT2D eigenvalue weighted by Crippen LogP contribution is -2.62. The molecular formula is C24H32F3N5O3. The third-order valence-corrected chi connectivity index (χ3v) is 7.38. The molecule has 3 unspecified atom stereocenters. The summed E-state index contributed by atoms with van der Waals surface area (Å²) in [5.74, 6) is -0.500. The van der Waals surface area contributed by atoms with E-state index >= 15 is 0 Å². The van der Waals surface area contributed by atoms with Gasteiger partial charge in [0.15, 0.2) is 0 Å². The number of hydrogen-bond acceptors (Lipinski definition) is 5. The van der Waals surface area contributed by atoms with Crippen LogP contribution in [0.4, 0.5) is 13.2 Å². The molecule has 2 saturated heterocycles. The van der Waals surface area contributed by atoms with Crippen LogP contribution in [0.15, 0.2) is 24.3 Å². The fraction of sp³-hybridized carbons (Fsp3) is 0.625. The summed E-state index contributed by atoms with van der Waals surface area (Å²) >= 11 is 0. The van der Waals surface area contributed by atoms with E-state index in [0.717, 1.165) is 44.5 Å². The van der Waals surface area contributed by atoms with Crippen molar-refractivity contribution in [2.45, 2.75) is 51.0 Å². The first-order chi connectivity index (χ1) is 16.6. The molecule has 0 bridgehead atoms. The summed E-state index contributed by atoms with van der Waals surface area (Å²) in [5, 5.41) is 6.08. The van der Waals surface area contributed by atoms with Crippen molar-refractivity contribution in [3.63, 3.8) is 0 Å². The molecule has 1 saturated carbocycles. The van der Waals surface area contributed by atoms with Gasteiger partial charge in [-0.3, -0.25) is 24.6 Å². The molecule has 2 N–H and O–H groups in total. The Balaban J connectivity index is 1.26. The third-order valence-electron chi connectivity index (χ3n) is 7.38. The second-order valence-electron chi connectivity index (χ2n) is 9.59. The number of amides is 3. The Morgan fingerprint density at radius 3 is 2.40 bits per heavy atom. The van der Waals surface area contributed by atoms with Crippen LogP contribution in [-0.2, 0) is 27.1 Å². The molecular weight excluding hydrogens is 463 g/mol. The molecule has 0 spiro atoms. The van der Waals surface area contributed by atoms with Crippen LogP contribution < -0.4 is 10.6 Å². The van der Waals surface area contributed by atoms with Gasteiger partial charge in [0.25, 0.3) is 0 Å². The second kappa shape index (κ2) is 10.5. The van der Waals surface area contributed by atoms with Crippen molar-refractivity contribution in [3.05, 3.63) is 35.4 Å². The summed E-state index contributed by atoms with van der Waals surface area (Å²) in [6.07, 6.45) is -1.79. The molecule has 1 aromatic carbocycles. The number of piperazine rings is 1. The molecule has 2 aliphatic heterocycles. The van der Waals surface area contributed by atoms with E-state index in [1.165, 1.54) is 17.0 Å². The Morgan fingerprint density at radius 2 is 1.77 bits per heavy atom. The van der Waals surface area contributed by atoms with Gasteiger partial charge < -0.3 is 15.1 Å². The fourth-order valence-corrected chi connectivity index (χ4v) is 5.31. The minimum atomic E-state index is -4.40. The smallest absolute Gasteiger partial charge is 0.350 e. The molecule has 0 aromatic heterocycles. The number of carbonyl (C=O) groups excluding carboxylic acids is 3. The number of benzene rings is 1. The van der Waals surface area contributed by atoms with Gasteiger partial charge in [0.2, 0.25) is 17.7 Å². The highest BCUT2D eigenvalue weighted by atomic mass is 19.4.